The minimum Gasteiger partial charge on any atom is -0.507 e. The van der Waals surface area contributed by atoms with E-state index in [1.165, 1.54) is 0 Å². The van der Waals surface area contributed by atoms with Crippen LogP contribution in [0.1, 0.15) is 63.5 Å². The van der Waals surface area contributed by atoms with Crippen molar-refractivity contribution >= 4 is 17.5 Å². The summed E-state index contributed by atoms with van der Waals surface area (Å²) in [6, 6.07) is 6.05. The summed E-state index contributed by atoms with van der Waals surface area (Å²) in [4.78, 5) is 11.3. The molecule has 4 N–H and O–H groups in total. The Morgan fingerprint density at radius 2 is 1.85 bits per heavy atom. The van der Waals surface area contributed by atoms with Crippen LogP contribution in [0, 0.1) is 0 Å². The Bertz CT molecular complexity index is 761. The van der Waals surface area contributed by atoms with Crippen LogP contribution in [0.25, 0.3) is 0 Å². The van der Waals surface area contributed by atoms with Gasteiger partial charge >= 0.3 is 0 Å². The minimum atomic E-state index is 0.179. The molecule has 6 heteroatoms. The first-order valence-electron chi connectivity index (χ1n) is 9.82. The highest BCUT2D eigenvalue weighted by molar-refractivity contribution is 5.63. The van der Waals surface area contributed by atoms with Crippen molar-refractivity contribution in [3.63, 3.8) is 0 Å². The zero-order valence-corrected chi connectivity index (χ0v) is 16.7. The molecular formula is C21H31N5O. The maximum atomic E-state index is 10.6. The molecule has 3 rings (SSSR count). The van der Waals surface area contributed by atoms with Crippen molar-refractivity contribution in [2.75, 3.05) is 23.3 Å². The van der Waals surface area contributed by atoms with Crippen molar-refractivity contribution in [2.45, 2.75) is 58.4 Å². The maximum absolute atomic E-state index is 10.6. The second-order valence-electron chi connectivity index (χ2n) is 8.03. The molecule has 146 valence electrons. The van der Waals surface area contributed by atoms with Gasteiger partial charge in [-0.05, 0) is 54.0 Å². The third kappa shape index (κ3) is 4.50. The van der Waals surface area contributed by atoms with Crippen LogP contribution in [-0.2, 0) is 0 Å². The number of aromatic nitrogens is 2. The van der Waals surface area contributed by atoms with Gasteiger partial charge in [-0.2, -0.15) is 4.98 Å². The Morgan fingerprint density at radius 3 is 2.44 bits per heavy atom. The van der Waals surface area contributed by atoms with E-state index in [9.17, 15) is 5.11 Å². The number of hydrogen-bond donors (Lipinski definition) is 3. The summed E-state index contributed by atoms with van der Waals surface area (Å²) >= 11 is 0. The normalized spacial score (nSPS) is 17.6. The number of nitrogens with one attached hydrogen (secondary N) is 1. The molecule has 2 heterocycles. The van der Waals surface area contributed by atoms with Gasteiger partial charge in [0.05, 0.1) is 0 Å². The van der Waals surface area contributed by atoms with Gasteiger partial charge in [-0.15, -0.1) is 0 Å². The number of benzene rings is 1. The molecule has 0 saturated carbocycles. The summed E-state index contributed by atoms with van der Waals surface area (Å²) in [5, 5.41) is 14.0. The van der Waals surface area contributed by atoms with Crippen LogP contribution in [0.5, 0.6) is 5.75 Å². The predicted molar refractivity (Wildman–Crippen MR) is 111 cm³/mol. The van der Waals surface area contributed by atoms with E-state index < -0.39 is 0 Å². The fourth-order valence-corrected chi connectivity index (χ4v) is 3.54. The van der Waals surface area contributed by atoms with E-state index in [-0.39, 0.29) is 17.9 Å². The van der Waals surface area contributed by atoms with Crippen LogP contribution in [0.3, 0.4) is 0 Å². The molecule has 0 bridgehead atoms. The van der Waals surface area contributed by atoms with Crippen LogP contribution in [0.4, 0.5) is 17.5 Å². The number of aromatic hydroxyl groups is 1. The minimum absolute atomic E-state index is 0.179. The van der Waals surface area contributed by atoms with Crippen LogP contribution in [0.15, 0.2) is 24.4 Å². The number of piperidine rings is 1. The van der Waals surface area contributed by atoms with E-state index in [4.69, 9.17) is 5.73 Å². The molecule has 0 aliphatic carbocycles. The number of anilines is 3. The molecule has 27 heavy (non-hydrogen) atoms. The lowest BCUT2D eigenvalue weighted by molar-refractivity contribution is 0.454. The lowest BCUT2D eigenvalue weighted by Gasteiger charge is -2.30. The highest BCUT2D eigenvalue weighted by Gasteiger charge is 2.19. The quantitative estimate of drug-likeness (QED) is 0.688. The third-order valence-corrected chi connectivity index (χ3v) is 5.07. The topological polar surface area (TPSA) is 87.3 Å². The van der Waals surface area contributed by atoms with Gasteiger partial charge in [0.2, 0.25) is 5.95 Å². The van der Waals surface area contributed by atoms with Crippen molar-refractivity contribution in [3.8, 4) is 5.75 Å². The SMILES string of the molecule is CC(C)c1cc(Nc2ccnc(N3CCC[C@H](N)C3)n2)cc(C(C)C)c1O. The molecule has 2 aromatic rings. The molecule has 1 saturated heterocycles. The van der Waals surface area contributed by atoms with Crippen LogP contribution in [-0.4, -0.2) is 34.2 Å². The van der Waals surface area contributed by atoms with E-state index in [1.54, 1.807) is 6.20 Å². The molecule has 1 atom stereocenters. The highest BCUT2D eigenvalue weighted by atomic mass is 16.3. The molecule has 0 spiro atoms. The number of phenols is 1. The van der Waals surface area contributed by atoms with Crippen LogP contribution < -0.4 is 16.0 Å². The lowest BCUT2D eigenvalue weighted by Crippen LogP contribution is -2.43. The fraction of sp³-hybridized carbons (Fsp3) is 0.524. The average Bonchev–Trinajstić information content (AvgIpc) is 2.63. The molecule has 1 aromatic heterocycles. The van der Waals surface area contributed by atoms with Gasteiger partial charge in [0.15, 0.2) is 0 Å². The van der Waals surface area contributed by atoms with Crippen molar-refractivity contribution in [2.24, 2.45) is 5.73 Å². The zero-order chi connectivity index (χ0) is 19.6. The number of rotatable bonds is 5. The Labute approximate surface area is 161 Å². The summed E-state index contributed by atoms with van der Waals surface area (Å²) in [6.07, 6.45) is 3.89. The van der Waals surface area contributed by atoms with Crippen molar-refractivity contribution in [3.05, 3.63) is 35.5 Å². The van der Waals surface area contributed by atoms with Gasteiger partial charge in [-0.1, -0.05) is 27.7 Å². The molecule has 1 fully saturated rings. The third-order valence-electron chi connectivity index (χ3n) is 5.07. The predicted octanol–water partition coefficient (Wildman–Crippen LogP) is 4.10. The maximum Gasteiger partial charge on any atom is 0.227 e. The van der Waals surface area contributed by atoms with E-state index in [0.717, 1.165) is 48.6 Å². The first-order valence-corrected chi connectivity index (χ1v) is 9.82. The zero-order valence-electron chi connectivity index (χ0n) is 16.7. The Balaban J connectivity index is 1.88. The molecule has 0 amide bonds. The lowest BCUT2D eigenvalue weighted by atomic mass is 9.93. The van der Waals surface area contributed by atoms with Gasteiger partial charge < -0.3 is 21.1 Å². The Kier molecular flexibility index (Phi) is 5.85. The summed E-state index contributed by atoms with van der Waals surface area (Å²) in [5.74, 6) is 2.33. The van der Waals surface area contributed by atoms with Gasteiger partial charge in [-0.3, -0.25) is 0 Å². The number of phenolic OH excluding ortho intramolecular Hbond substituents is 1. The van der Waals surface area contributed by atoms with E-state index in [2.05, 4.69) is 47.9 Å². The highest BCUT2D eigenvalue weighted by Crippen LogP contribution is 2.37. The molecule has 1 aliphatic rings. The second-order valence-corrected chi connectivity index (χ2v) is 8.03. The number of nitrogens with two attached hydrogens (primary N) is 1. The van der Waals surface area contributed by atoms with Gasteiger partial charge in [0, 0.05) is 31.0 Å². The second kappa shape index (κ2) is 8.13. The smallest absolute Gasteiger partial charge is 0.227 e. The van der Waals surface area contributed by atoms with E-state index >= 15 is 0 Å². The first-order chi connectivity index (χ1) is 12.8. The molecule has 1 aromatic carbocycles. The van der Waals surface area contributed by atoms with Crippen LogP contribution in [0.2, 0.25) is 0 Å². The molecule has 0 unspecified atom stereocenters. The van der Waals surface area contributed by atoms with E-state index in [1.807, 2.05) is 18.2 Å². The Morgan fingerprint density at radius 1 is 1.19 bits per heavy atom. The molecule has 1 aliphatic heterocycles. The number of hydrogen-bond acceptors (Lipinski definition) is 6. The van der Waals surface area contributed by atoms with Crippen molar-refractivity contribution < 1.29 is 5.11 Å². The summed E-state index contributed by atoms with van der Waals surface area (Å²) in [7, 11) is 0. The van der Waals surface area contributed by atoms with Gasteiger partial charge in [0.25, 0.3) is 0 Å². The fourth-order valence-electron chi connectivity index (χ4n) is 3.54. The first kappa shape index (κ1) is 19.4. The summed E-state index contributed by atoms with van der Waals surface area (Å²) in [5.41, 5.74) is 8.91. The van der Waals surface area contributed by atoms with Gasteiger partial charge in [0.1, 0.15) is 11.6 Å². The standard InChI is InChI=1S/C21H31N5O/c1-13(2)17-10-16(11-18(14(3)4)20(17)27)24-19-7-8-23-21(25-19)26-9-5-6-15(22)12-26/h7-8,10-11,13-15,27H,5-6,9,12,22H2,1-4H3,(H,23,24,25)/t15-/m0/s1. The van der Waals surface area contributed by atoms with E-state index in [0.29, 0.717) is 11.7 Å². The monoisotopic (exact) mass is 369 g/mol. The van der Waals surface area contributed by atoms with Gasteiger partial charge in [-0.25, -0.2) is 4.98 Å². The molecule has 6 nitrogen and oxygen atoms in total. The molecular weight excluding hydrogens is 338 g/mol. The Hall–Kier alpha value is -2.34. The van der Waals surface area contributed by atoms with Crippen molar-refractivity contribution in [1.29, 1.82) is 0 Å². The summed E-state index contributed by atoms with van der Waals surface area (Å²) < 4.78 is 0. The van der Waals surface area contributed by atoms with Crippen molar-refractivity contribution in [1.82, 2.24) is 9.97 Å². The van der Waals surface area contributed by atoms with Crippen LogP contribution >= 0.6 is 0 Å². The average molecular weight is 370 g/mol. The molecule has 0 radical (unpaired) electrons. The summed E-state index contributed by atoms with van der Waals surface area (Å²) in [6.45, 7) is 10.1. The largest absolute Gasteiger partial charge is 0.507 e. The number of nitrogens with zero attached hydrogens (tertiary/aromatic N) is 3.